The first-order valence-corrected chi connectivity index (χ1v) is 11.7. The Bertz CT molecular complexity index is 1750. The van der Waals surface area contributed by atoms with Crippen LogP contribution in [0.3, 0.4) is 0 Å². The van der Waals surface area contributed by atoms with E-state index in [4.69, 9.17) is 0 Å². The molecule has 6 heteroatoms. The van der Waals surface area contributed by atoms with Crippen LogP contribution in [0.15, 0.2) is 101 Å². The van der Waals surface area contributed by atoms with Gasteiger partial charge in [0, 0.05) is 18.2 Å². The minimum Gasteiger partial charge on any atom is -0.507 e. The van der Waals surface area contributed by atoms with Crippen LogP contribution in [0.25, 0.3) is 26.6 Å². The number of allylic oxidation sites excluding steroid dienone is 1. The third kappa shape index (κ3) is 3.19. The number of aryl methyl sites for hydroxylation is 1. The van der Waals surface area contributed by atoms with Crippen molar-refractivity contribution in [1.29, 1.82) is 0 Å². The average molecular weight is 462 g/mol. The number of phenolic OH excluding ortho intramolecular Hbond substituents is 1. The van der Waals surface area contributed by atoms with E-state index < -0.39 is 0 Å². The Kier molecular flexibility index (Phi) is 4.74. The van der Waals surface area contributed by atoms with Crippen molar-refractivity contribution in [2.75, 3.05) is 0 Å². The summed E-state index contributed by atoms with van der Waals surface area (Å²) in [5.74, 6) is -0.0344. The molecule has 6 rings (SSSR count). The Balaban J connectivity index is 1.60. The van der Waals surface area contributed by atoms with Crippen LogP contribution in [-0.2, 0) is 7.05 Å². The van der Waals surface area contributed by atoms with E-state index in [1.165, 1.54) is 11.3 Å². The van der Waals surface area contributed by atoms with Crippen LogP contribution >= 0.6 is 11.3 Å². The Morgan fingerprint density at radius 2 is 1.56 bits per heavy atom. The lowest BCUT2D eigenvalue weighted by Crippen LogP contribution is -2.20. The molecule has 0 saturated heterocycles. The topological polar surface area (TPSA) is 66.9 Å². The summed E-state index contributed by atoms with van der Waals surface area (Å²) in [7, 11) is 1.94. The van der Waals surface area contributed by atoms with E-state index >= 15 is 0 Å². The number of Topliss-reactive ketones (excluding diaryl/α,β-unsaturated/α-hetero) is 1. The van der Waals surface area contributed by atoms with E-state index in [-0.39, 0.29) is 17.2 Å². The van der Waals surface area contributed by atoms with Gasteiger partial charge in [0.1, 0.15) is 11.5 Å². The van der Waals surface area contributed by atoms with Crippen LogP contribution in [-0.4, -0.2) is 21.2 Å². The second-order valence-electron chi connectivity index (χ2n) is 8.11. The molecule has 0 unspecified atom stereocenters. The average Bonchev–Trinajstić information content (AvgIpc) is 3.19. The summed E-state index contributed by atoms with van der Waals surface area (Å²) >= 11 is 1.52. The van der Waals surface area contributed by atoms with Gasteiger partial charge in [-0.05, 0) is 46.2 Å². The number of ketones is 1. The predicted molar refractivity (Wildman–Crippen MR) is 137 cm³/mol. The highest BCUT2D eigenvalue weighted by molar-refractivity contribution is 7.16. The highest BCUT2D eigenvalue weighted by Crippen LogP contribution is 2.39. The zero-order chi connectivity index (χ0) is 23.2. The van der Waals surface area contributed by atoms with Gasteiger partial charge in [0.2, 0.25) is 10.6 Å². The maximum atomic E-state index is 13.3. The van der Waals surface area contributed by atoms with E-state index in [1.54, 1.807) is 18.2 Å². The molecule has 0 amide bonds. The molecule has 164 valence electrons. The zero-order valence-electron chi connectivity index (χ0n) is 18.3. The van der Waals surface area contributed by atoms with Gasteiger partial charge < -0.3 is 9.67 Å². The summed E-state index contributed by atoms with van der Waals surface area (Å²) in [5.41, 5.74) is 4.03. The first-order valence-electron chi connectivity index (χ1n) is 10.8. The molecule has 1 aromatic heterocycles. The van der Waals surface area contributed by atoms with Gasteiger partial charge in [0.25, 0.3) is 0 Å². The van der Waals surface area contributed by atoms with Gasteiger partial charge in [0.05, 0.1) is 10.2 Å². The number of benzene rings is 4. The molecule has 0 spiro atoms. The number of hydrogen-bond acceptors (Lipinski definition) is 5. The second-order valence-corrected chi connectivity index (χ2v) is 9.12. The van der Waals surface area contributed by atoms with Gasteiger partial charge in [-0.1, -0.05) is 78.1 Å². The lowest BCUT2D eigenvalue weighted by molar-refractivity contribution is 0.106. The number of thiazole rings is 1. The molecule has 1 N–H and O–H groups in total. The third-order valence-corrected chi connectivity index (χ3v) is 7.21. The summed E-state index contributed by atoms with van der Waals surface area (Å²) in [5, 5.41) is 21.6. The molecule has 1 aliphatic carbocycles. The van der Waals surface area contributed by atoms with Gasteiger partial charge in [-0.25, -0.2) is 0 Å². The van der Waals surface area contributed by atoms with E-state index in [2.05, 4.69) is 10.2 Å². The SMILES string of the molecule is Cn1/c(=N\N=C2\C=C(c3c(O)ccc4ccccc34)c3ccccc3C2=O)sc2ccccc21. The molecule has 5 nitrogen and oxygen atoms in total. The quantitative estimate of drug-likeness (QED) is 0.344. The van der Waals surface area contributed by atoms with Crippen molar-refractivity contribution in [2.45, 2.75) is 0 Å². The third-order valence-electron chi connectivity index (χ3n) is 6.11. The minimum atomic E-state index is -0.188. The summed E-state index contributed by atoms with van der Waals surface area (Å²) in [4.78, 5) is 14.0. The molecule has 0 fully saturated rings. The lowest BCUT2D eigenvalue weighted by atomic mass is 9.83. The number of rotatable bonds is 2. The maximum absolute atomic E-state index is 13.3. The van der Waals surface area contributed by atoms with Crippen LogP contribution in [0.4, 0.5) is 0 Å². The number of aromatic nitrogens is 1. The second kappa shape index (κ2) is 7.93. The van der Waals surface area contributed by atoms with Gasteiger partial charge in [0.15, 0.2) is 0 Å². The molecule has 0 radical (unpaired) electrons. The van der Waals surface area contributed by atoms with Crippen molar-refractivity contribution >= 4 is 49.4 Å². The lowest BCUT2D eigenvalue weighted by Gasteiger charge is -2.20. The van der Waals surface area contributed by atoms with Gasteiger partial charge in [-0.3, -0.25) is 4.79 Å². The smallest absolute Gasteiger partial charge is 0.213 e. The molecule has 0 atom stereocenters. The van der Waals surface area contributed by atoms with E-state index in [0.717, 1.165) is 32.1 Å². The molecule has 1 aliphatic rings. The summed E-state index contributed by atoms with van der Waals surface area (Å²) in [6, 6.07) is 26.9. The normalized spacial score (nSPS) is 15.2. The Morgan fingerprint density at radius 3 is 2.41 bits per heavy atom. The monoisotopic (exact) mass is 461 g/mol. The molecule has 0 aliphatic heterocycles. The van der Waals surface area contributed by atoms with Crippen molar-refractivity contribution in [2.24, 2.45) is 17.3 Å². The predicted octanol–water partition coefficient (Wildman–Crippen LogP) is 5.68. The fraction of sp³-hybridized carbons (Fsp3) is 0.0357. The van der Waals surface area contributed by atoms with Crippen molar-refractivity contribution in [3.8, 4) is 5.75 Å². The summed E-state index contributed by atoms with van der Waals surface area (Å²) < 4.78 is 3.06. The number of carbonyl (C=O) groups is 1. The first-order chi connectivity index (χ1) is 16.6. The number of fused-ring (bicyclic) bond motifs is 3. The highest BCUT2D eigenvalue weighted by atomic mass is 32.1. The first kappa shape index (κ1) is 20.3. The van der Waals surface area contributed by atoms with Crippen LogP contribution in [0.2, 0.25) is 0 Å². The standard InChI is InChI=1S/C28H19N3O2S/c1-31-23-12-6-7-13-25(23)34-28(31)30-29-22-16-21(19-10-4-5-11-20(19)27(22)33)26-18-9-3-2-8-17(18)14-15-24(26)32/h2-16,32H,1H3/b29-22-,30-28+. The number of aromatic hydroxyl groups is 1. The van der Waals surface area contributed by atoms with Crippen LogP contribution in [0.5, 0.6) is 5.75 Å². The number of carbonyl (C=O) groups excluding carboxylic acids is 1. The van der Waals surface area contributed by atoms with Crippen molar-refractivity contribution < 1.29 is 9.90 Å². The van der Waals surface area contributed by atoms with E-state index in [0.29, 0.717) is 15.9 Å². The van der Waals surface area contributed by atoms with Crippen molar-refractivity contribution in [1.82, 2.24) is 4.57 Å². The number of nitrogens with zero attached hydrogens (tertiary/aromatic N) is 3. The van der Waals surface area contributed by atoms with Crippen LogP contribution in [0, 0.1) is 0 Å². The molecule has 5 aromatic rings. The number of hydrogen-bond donors (Lipinski definition) is 1. The van der Waals surface area contributed by atoms with Crippen molar-refractivity contribution in [3.05, 3.63) is 112 Å². The summed E-state index contributed by atoms with van der Waals surface area (Å²) in [6.45, 7) is 0. The maximum Gasteiger partial charge on any atom is 0.213 e. The Morgan fingerprint density at radius 1 is 0.824 bits per heavy atom. The largest absolute Gasteiger partial charge is 0.507 e. The number of para-hydroxylation sites is 1. The fourth-order valence-corrected chi connectivity index (χ4v) is 5.40. The van der Waals surface area contributed by atoms with Crippen LogP contribution < -0.4 is 4.80 Å². The molecule has 4 aromatic carbocycles. The van der Waals surface area contributed by atoms with Crippen LogP contribution in [0.1, 0.15) is 21.5 Å². The van der Waals surface area contributed by atoms with Gasteiger partial charge >= 0.3 is 0 Å². The van der Waals surface area contributed by atoms with Crippen molar-refractivity contribution in [3.63, 3.8) is 0 Å². The molecule has 34 heavy (non-hydrogen) atoms. The van der Waals surface area contributed by atoms with Gasteiger partial charge in [-0.2, -0.15) is 0 Å². The summed E-state index contributed by atoms with van der Waals surface area (Å²) in [6.07, 6.45) is 1.74. The van der Waals surface area contributed by atoms with E-state index in [1.807, 2.05) is 84.4 Å². The molecular formula is C28H19N3O2S. The zero-order valence-corrected chi connectivity index (χ0v) is 19.1. The Hall–Kier alpha value is -4.29. The number of phenols is 1. The van der Waals surface area contributed by atoms with E-state index in [9.17, 15) is 9.90 Å². The Labute approximate surface area is 199 Å². The fourth-order valence-electron chi connectivity index (χ4n) is 4.43. The molecular weight excluding hydrogens is 442 g/mol. The minimum absolute atomic E-state index is 0.154. The molecule has 0 saturated carbocycles. The molecule has 0 bridgehead atoms. The highest BCUT2D eigenvalue weighted by Gasteiger charge is 2.27. The van der Waals surface area contributed by atoms with Gasteiger partial charge in [-0.15, -0.1) is 10.2 Å². The molecule has 1 heterocycles.